The van der Waals surface area contributed by atoms with Gasteiger partial charge in [0.05, 0.1) is 17.1 Å². The number of para-hydroxylation sites is 1. The molecule has 0 aliphatic carbocycles. The first-order chi connectivity index (χ1) is 16.7. The molecule has 0 N–H and O–H groups in total. The lowest BCUT2D eigenvalue weighted by atomic mass is 9.77. The number of hydrogen-bond acceptors (Lipinski definition) is 5. The van der Waals surface area contributed by atoms with Crippen LogP contribution in [0.15, 0.2) is 59.5 Å². The molecule has 0 saturated carbocycles. The predicted molar refractivity (Wildman–Crippen MR) is 135 cm³/mol. The maximum Gasteiger partial charge on any atom is 0.255 e. The average molecular weight is 497 g/mol. The maximum absolute atomic E-state index is 13.2. The molecule has 2 aliphatic heterocycles. The second kappa shape index (κ2) is 10.2. The third-order valence-electron chi connectivity index (χ3n) is 7.00. The van der Waals surface area contributed by atoms with E-state index in [4.69, 9.17) is 4.74 Å². The van der Waals surface area contributed by atoms with Gasteiger partial charge >= 0.3 is 0 Å². The van der Waals surface area contributed by atoms with Crippen LogP contribution in [0.4, 0.5) is 0 Å². The topological polar surface area (TPSA) is 84.0 Å². The first-order valence-electron chi connectivity index (χ1n) is 12.0. The highest BCUT2D eigenvalue weighted by molar-refractivity contribution is 7.90. The molecular formula is C27H32N2O5S. The Kier molecular flexibility index (Phi) is 7.31. The minimum absolute atomic E-state index is 0.0286. The molecular weight excluding hydrogens is 464 g/mol. The standard InChI is InChI=1S/C27H32N2O5S/c1-3-34-23-10-6-4-8-21(23)12-13-25(30)28-17-14-27(15-18-28)16-19-29(20-27)26(31)22-9-5-7-11-24(22)35(2,32)33/h4-13H,3,14-20H2,1-2H3/b13-12+. The van der Waals surface area contributed by atoms with Gasteiger partial charge in [0.2, 0.25) is 5.91 Å². The van der Waals surface area contributed by atoms with Gasteiger partial charge < -0.3 is 14.5 Å². The summed E-state index contributed by atoms with van der Waals surface area (Å²) in [5.41, 5.74) is 1.07. The number of carbonyl (C=O) groups is 2. The van der Waals surface area contributed by atoms with Crippen molar-refractivity contribution in [3.8, 4) is 5.75 Å². The van der Waals surface area contributed by atoms with E-state index in [1.807, 2.05) is 36.1 Å². The van der Waals surface area contributed by atoms with Crippen LogP contribution >= 0.6 is 0 Å². The van der Waals surface area contributed by atoms with E-state index in [1.165, 1.54) is 6.07 Å². The molecule has 0 aromatic heterocycles. The van der Waals surface area contributed by atoms with Crippen LogP contribution in [0, 0.1) is 5.41 Å². The number of hydrogen-bond donors (Lipinski definition) is 0. The van der Waals surface area contributed by atoms with Crippen LogP contribution in [0.25, 0.3) is 6.08 Å². The minimum atomic E-state index is -3.50. The molecule has 2 aromatic rings. The van der Waals surface area contributed by atoms with Gasteiger partial charge in [0.25, 0.3) is 5.91 Å². The van der Waals surface area contributed by atoms with Crippen molar-refractivity contribution in [2.75, 3.05) is 39.0 Å². The number of likely N-dealkylation sites (tertiary alicyclic amines) is 2. The molecule has 2 amide bonds. The molecule has 0 atom stereocenters. The van der Waals surface area contributed by atoms with Crippen LogP contribution in [0.2, 0.25) is 0 Å². The van der Waals surface area contributed by atoms with Crippen molar-refractivity contribution >= 4 is 27.7 Å². The molecule has 8 heteroatoms. The van der Waals surface area contributed by atoms with Crippen LogP contribution in [0.3, 0.4) is 0 Å². The number of carbonyl (C=O) groups excluding carboxylic acids is 2. The zero-order valence-electron chi connectivity index (χ0n) is 20.3. The van der Waals surface area contributed by atoms with Crippen molar-refractivity contribution < 1.29 is 22.7 Å². The number of rotatable bonds is 6. The summed E-state index contributed by atoms with van der Waals surface area (Å²) >= 11 is 0. The first-order valence-corrected chi connectivity index (χ1v) is 13.9. The largest absolute Gasteiger partial charge is 0.493 e. The Hall–Kier alpha value is -3.13. The molecule has 2 aromatic carbocycles. The maximum atomic E-state index is 13.2. The van der Waals surface area contributed by atoms with E-state index < -0.39 is 9.84 Å². The molecule has 35 heavy (non-hydrogen) atoms. The van der Waals surface area contributed by atoms with Crippen molar-refractivity contribution in [3.63, 3.8) is 0 Å². The molecule has 0 unspecified atom stereocenters. The highest BCUT2D eigenvalue weighted by atomic mass is 32.2. The molecule has 0 radical (unpaired) electrons. The van der Waals surface area contributed by atoms with Gasteiger partial charge in [-0.1, -0.05) is 30.3 Å². The Morgan fingerprint density at radius 1 is 0.971 bits per heavy atom. The summed E-state index contributed by atoms with van der Waals surface area (Å²) in [6.45, 7) is 4.95. The van der Waals surface area contributed by atoms with Crippen molar-refractivity contribution in [3.05, 3.63) is 65.7 Å². The highest BCUT2D eigenvalue weighted by Crippen LogP contribution is 2.41. The molecule has 4 rings (SSSR count). The highest BCUT2D eigenvalue weighted by Gasteiger charge is 2.43. The van der Waals surface area contributed by atoms with Crippen LogP contribution in [0.1, 0.15) is 42.1 Å². The Balaban J connectivity index is 1.37. The van der Waals surface area contributed by atoms with E-state index in [0.717, 1.165) is 36.8 Å². The molecule has 2 aliphatic rings. The van der Waals surface area contributed by atoms with Crippen molar-refractivity contribution in [2.45, 2.75) is 31.1 Å². The Morgan fingerprint density at radius 2 is 1.60 bits per heavy atom. The SMILES string of the molecule is CCOc1ccccc1/C=C/C(=O)N1CCC2(CC1)CCN(C(=O)c1ccccc1S(C)(=O)=O)C2. The van der Waals surface area contributed by atoms with Crippen LogP contribution in [-0.4, -0.2) is 69.1 Å². The number of benzene rings is 2. The van der Waals surface area contributed by atoms with E-state index in [9.17, 15) is 18.0 Å². The Bertz CT molecular complexity index is 1230. The van der Waals surface area contributed by atoms with Crippen LogP contribution in [0.5, 0.6) is 5.75 Å². The second-order valence-corrected chi connectivity index (χ2v) is 11.4. The van der Waals surface area contributed by atoms with Gasteiger partial charge in [-0.15, -0.1) is 0 Å². The monoisotopic (exact) mass is 496 g/mol. The zero-order valence-corrected chi connectivity index (χ0v) is 21.1. The second-order valence-electron chi connectivity index (χ2n) is 9.37. The molecule has 2 fully saturated rings. The lowest BCUT2D eigenvalue weighted by molar-refractivity contribution is -0.128. The van der Waals surface area contributed by atoms with E-state index in [2.05, 4.69) is 0 Å². The average Bonchev–Trinajstić information content (AvgIpc) is 3.26. The summed E-state index contributed by atoms with van der Waals surface area (Å²) in [5, 5.41) is 0. The van der Waals surface area contributed by atoms with E-state index in [1.54, 1.807) is 35.3 Å². The van der Waals surface area contributed by atoms with Gasteiger partial charge in [-0.3, -0.25) is 9.59 Å². The predicted octanol–water partition coefficient (Wildman–Crippen LogP) is 3.66. The van der Waals surface area contributed by atoms with Crippen molar-refractivity contribution in [1.82, 2.24) is 9.80 Å². The first kappa shape index (κ1) is 25.0. The number of amides is 2. The van der Waals surface area contributed by atoms with E-state index in [-0.39, 0.29) is 27.7 Å². The molecule has 7 nitrogen and oxygen atoms in total. The fourth-order valence-electron chi connectivity index (χ4n) is 5.03. The molecule has 186 valence electrons. The van der Waals surface area contributed by atoms with Crippen molar-refractivity contribution in [2.24, 2.45) is 5.41 Å². The van der Waals surface area contributed by atoms with Gasteiger partial charge in [0, 0.05) is 44.1 Å². The van der Waals surface area contributed by atoms with Gasteiger partial charge in [0.1, 0.15) is 5.75 Å². The van der Waals surface area contributed by atoms with E-state index in [0.29, 0.717) is 32.8 Å². The lowest BCUT2D eigenvalue weighted by Gasteiger charge is -2.39. The summed E-state index contributed by atoms with van der Waals surface area (Å²) < 4.78 is 29.9. The van der Waals surface area contributed by atoms with Crippen LogP contribution < -0.4 is 4.74 Å². The van der Waals surface area contributed by atoms with E-state index >= 15 is 0 Å². The fraction of sp³-hybridized carbons (Fsp3) is 0.407. The van der Waals surface area contributed by atoms with Crippen LogP contribution in [-0.2, 0) is 14.6 Å². The Morgan fingerprint density at radius 3 is 2.29 bits per heavy atom. The van der Waals surface area contributed by atoms with Gasteiger partial charge in [-0.2, -0.15) is 0 Å². The number of sulfone groups is 1. The third kappa shape index (κ3) is 5.59. The summed E-state index contributed by atoms with van der Waals surface area (Å²) in [6.07, 6.45) is 7.02. The number of ether oxygens (including phenoxy) is 1. The minimum Gasteiger partial charge on any atom is -0.493 e. The zero-order chi connectivity index (χ0) is 25.1. The number of nitrogens with zero attached hydrogens (tertiary/aromatic N) is 2. The Labute approximate surface area is 207 Å². The molecule has 2 heterocycles. The summed E-state index contributed by atoms with van der Waals surface area (Å²) in [7, 11) is -3.50. The lowest BCUT2D eigenvalue weighted by Crippen LogP contribution is -2.44. The van der Waals surface area contributed by atoms with Gasteiger partial charge in [0.15, 0.2) is 9.84 Å². The fourth-order valence-corrected chi connectivity index (χ4v) is 5.91. The molecule has 1 spiro atoms. The summed E-state index contributed by atoms with van der Waals surface area (Å²) in [6, 6.07) is 14.0. The third-order valence-corrected chi connectivity index (χ3v) is 8.16. The quantitative estimate of drug-likeness (QED) is 0.570. The smallest absolute Gasteiger partial charge is 0.255 e. The van der Waals surface area contributed by atoms with Gasteiger partial charge in [-0.25, -0.2) is 8.42 Å². The molecule has 2 saturated heterocycles. The van der Waals surface area contributed by atoms with Gasteiger partial charge in [-0.05, 0) is 55.9 Å². The normalized spacial score (nSPS) is 17.8. The summed E-state index contributed by atoms with van der Waals surface area (Å²) in [5.74, 6) is 0.487. The number of piperidine rings is 1. The van der Waals surface area contributed by atoms with Crippen molar-refractivity contribution in [1.29, 1.82) is 0 Å². The summed E-state index contributed by atoms with van der Waals surface area (Å²) in [4.78, 5) is 29.7. The molecule has 0 bridgehead atoms.